The summed E-state index contributed by atoms with van der Waals surface area (Å²) in [6.07, 6.45) is 1.55. The topological polar surface area (TPSA) is 61.8 Å². The van der Waals surface area contributed by atoms with Crippen LogP contribution in [0.1, 0.15) is 40.5 Å². The van der Waals surface area contributed by atoms with Gasteiger partial charge >= 0.3 is 11.9 Å². The van der Waals surface area contributed by atoms with Gasteiger partial charge in [-0.2, -0.15) is 0 Å². The summed E-state index contributed by atoms with van der Waals surface area (Å²) in [6, 6.07) is 0. The Bertz CT molecular complexity index is 465. The molecule has 0 aromatic carbocycles. The van der Waals surface area contributed by atoms with Crippen molar-refractivity contribution >= 4 is 11.9 Å². The maximum atomic E-state index is 12.0. The van der Waals surface area contributed by atoms with Gasteiger partial charge in [-0.05, 0) is 40.5 Å². The van der Waals surface area contributed by atoms with E-state index < -0.39 is 16.4 Å². The third kappa shape index (κ3) is 1.65. The SMILES string of the molecule is CC(C)(C)C(=O)OC[C@@]12CC[C@H](O1)[C@@]1(C)C(=O)OC[C@@H]21. The van der Waals surface area contributed by atoms with Crippen molar-refractivity contribution in [2.75, 3.05) is 13.2 Å². The summed E-state index contributed by atoms with van der Waals surface area (Å²) in [6.45, 7) is 7.99. The highest BCUT2D eigenvalue weighted by Gasteiger charge is 2.72. The third-order valence-corrected chi connectivity index (χ3v) is 5.12. The highest BCUT2D eigenvalue weighted by atomic mass is 16.6. The van der Waals surface area contributed by atoms with Crippen LogP contribution in [0.25, 0.3) is 0 Å². The molecule has 0 amide bonds. The molecule has 5 heteroatoms. The lowest BCUT2D eigenvalue weighted by molar-refractivity contribution is -0.164. The van der Waals surface area contributed by atoms with Gasteiger partial charge in [0.15, 0.2) is 0 Å². The van der Waals surface area contributed by atoms with Gasteiger partial charge < -0.3 is 14.2 Å². The molecule has 3 aliphatic heterocycles. The van der Waals surface area contributed by atoms with Crippen molar-refractivity contribution in [1.29, 1.82) is 0 Å². The van der Waals surface area contributed by atoms with Crippen LogP contribution >= 0.6 is 0 Å². The number of cyclic esters (lactones) is 1. The number of hydrogen-bond acceptors (Lipinski definition) is 5. The van der Waals surface area contributed by atoms with Crippen molar-refractivity contribution in [2.45, 2.75) is 52.2 Å². The lowest BCUT2D eigenvalue weighted by Crippen LogP contribution is -2.47. The van der Waals surface area contributed by atoms with Crippen LogP contribution in [0.3, 0.4) is 0 Å². The summed E-state index contributed by atoms with van der Waals surface area (Å²) < 4.78 is 16.8. The van der Waals surface area contributed by atoms with Crippen LogP contribution in [0.5, 0.6) is 0 Å². The Balaban J connectivity index is 1.77. The van der Waals surface area contributed by atoms with Gasteiger partial charge in [0.05, 0.1) is 18.1 Å². The molecule has 112 valence electrons. The van der Waals surface area contributed by atoms with Crippen molar-refractivity contribution in [3.63, 3.8) is 0 Å². The van der Waals surface area contributed by atoms with E-state index >= 15 is 0 Å². The van der Waals surface area contributed by atoms with Crippen molar-refractivity contribution in [2.24, 2.45) is 16.7 Å². The van der Waals surface area contributed by atoms with Crippen molar-refractivity contribution in [3.8, 4) is 0 Å². The molecule has 3 heterocycles. The zero-order valence-corrected chi connectivity index (χ0v) is 12.5. The summed E-state index contributed by atoms with van der Waals surface area (Å²) in [7, 11) is 0. The molecule has 0 aromatic rings. The van der Waals surface area contributed by atoms with Gasteiger partial charge in [-0.3, -0.25) is 9.59 Å². The zero-order valence-electron chi connectivity index (χ0n) is 12.5. The maximum Gasteiger partial charge on any atom is 0.314 e. The van der Waals surface area contributed by atoms with Crippen LogP contribution < -0.4 is 0 Å². The van der Waals surface area contributed by atoms with Crippen LogP contribution in [-0.2, 0) is 23.8 Å². The Labute approximate surface area is 118 Å². The number of carbonyl (C=O) groups is 2. The highest BCUT2D eigenvalue weighted by Crippen LogP contribution is 2.61. The van der Waals surface area contributed by atoms with E-state index in [1.807, 2.05) is 27.7 Å². The summed E-state index contributed by atoms with van der Waals surface area (Å²) >= 11 is 0. The van der Waals surface area contributed by atoms with Crippen LogP contribution in [0.4, 0.5) is 0 Å². The highest BCUT2D eigenvalue weighted by molar-refractivity contribution is 5.81. The Morgan fingerprint density at radius 1 is 1.45 bits per heavy atom. The number of esters is 2. The third-order valence-electron chi connectivity index (χ3n) is 5.12. The molecular weight excluding hydrogens is 260 g/mol. The fraction of sp³-hybridized carbons (Fsp3) is 0.867. The minimum atomic E-state index is -0.563. The molecule has 0 radical (unpaired) electrons. The largest absolute Gasteiger partial charge is 0.465 e. The van der Waals surface area contributed by atoms with Crippen LogP contribution in [0, 0.1) is 16.7 Å². The van der Waals surface area contributed by atoms with Gasteiger partial charge in [-0.1, -0.05) is 0 Å². The van der Waals surface area contributed by atoms with E-state index in [-0.39, 0.29) is 30.6 Å². The van der Waals surface area contributed by atoms with Crippen molar-refractivity contribution in [3.05, 3.63) is 0 Å². The average molecular weight is 282 g/mol. The molecule has 0 N–H and O–H groups in total. The summed E-state index contributed by atoms with van der Waals surface area (Å²) in [5, 5.41) is 0. The zero-order chi connectivity index (χ0) is 14.8. The van der Waals surface area contributed by atoms with Crippen LogP contribution in [0.15, 0.2) is 0 Å². The molecule has 3 saturated heterocycles. The standard InChI is InChI=1S/C15H22O5/c1-13(2,3)11(16)19-8-15-6-5-10(20-15)14(4)9(15)7-18-12(14)17/h9-10H,5-8H2,1-4H3/t9-,10+,14+,15-/m1/s1. The van der Waals surface area contributed by atoms with E-state index in [2.05, 4.69) is 0 Å². The second-order valence-electron chi connectivity index (χ2n) is 7.47. The van der Waals surface area contributed by atoms with Gasteiger partial charge in [0.25, 0.3) is 0 Å². The smallest absolute Gasteiger partial charge is 0.314 e. The average Bonchev–Trinajstić information content (AvgIpc) is 2.97. The second-order valence-corrected chi connectivity index (χ2v) is 7.47. The van der Waals surface area contributed by atoms with Gasteiger partial charge in [0.2, 0.25) is 0 Å². The molecule has 0 unspecified atom stereocenters. The van der Waals surface area contributed by atoms with E-state index in [1.54, 1.807) is 0 Å². The fourth-order valence-corrected chi connectivity index (χ4v) is 3.75. The predicted molar refractivity (Wildman–Crippen MR) is 69.8 cm³/mol. The Morgan fingerprint density at radius 2 is 2.15 bits per heavy atom. The minimum absolute atomic E-state index is 0.00554. The normalized spacial score (nSPS) is 42.5. The lowest BCUT2D eigenvalue weighted by atomic mass is 9.64. The van der Waals surface area contributed by atoms with Gasteiger partial charge in [-0.15, -0.1) is 0 Å². The molecule has 0 aromatic heterocycles. The van der Waals surface area contributed by atoms with Crippen LogP contribution in [0.2, 0.25) is 0 Å². The molecule has 20 heavy (non-hydrogen) atoms. The monoisotopic (exact) mass is 282 g/mol. The maximum absolute atomic E-state index is 12.0. The molecular formula is C15H22O5. The first kappa shape index (κ1) is 13.9. The van der Waals surface area contributed by atoms with Gasteiger partial charge in [0.1, 0.15) is 17.6 Å². The summed E-state index contributed by atoms with van der Waals surface area (Å²) in [4.78, 5) is 24.0. The number of rotatable bonds is 2. The predicted octanol–water partition coefficient (Wildman–Crippen LogP) is 1.69. The Hall–Kier alpha value is -1.10. The first-order valence-corrected chi connectivity index (χ1v) is 7.22. The van der Waals surface area contributed by atoms with E-state index in [1.165, 1.54) is 0 Å². The van der Waals surface area contributed by atoms with E-state index in [4.69, 9.17) is 14.2 Å². The Morgan fingerprint density at radius 3 is 2.80 bits per heavy atom. The minimum Gasteiger partial charge on any atom is -0.465 e. The number of ether oxygens (including phenoxy) is 3. The molecule has 4 atom stereocenters. The lowest BCUT2D eigenvalue weighted by Gasteiger charge is -2.34. The first-order valence-electron chi connectivity index (χ1n) is 7.22. The summed E-state index contributed by atoms with van der Waals surface area (Å²) in [5.74, 6) is -0.414. The van der Waals surface area contributed by atoms with E-state index in [0.29, 0.717) is 6.61 Å². The molecule has 3 aliphatic rings. The fourth-order valence-electron chi connectivity index (χ4n) is 3.75. The van der Waals surface area contributed by atoms with Gasteiger partial charge in [-0.25, -0.2) is 0 Å². The first-order chi connectivity index (χ1) is 9.20. The molecule has 0 saturated carbocycles. The molecule has 3 fully saturated rings. The van der Waals surface area contributed by atoms with Crippen LogP contribution in [-0.4, -0.2) is 36.9 Å². The molecule has 3 rings (SSSR count). The summed E-state index contributed by atoms with van der Waals surface area (Å²) in [5.41, 5.74) is -1.63. The quantitative estimate of drug-likeness (QED) is 0.721. The molecule has 2 bridgehead atoms. The van der Waals surface area contributed by atoms with Crippen molar-refractivity contribution in [1.82, 2.24) is 0 Å². The Kier molecular flexibility index (Phi) is 2.75. The number of hydrogen-bond donors (Lipinski definition) is 0. The number of carbonyl (C=O) groups excluding carboxylic acids is 2. The number of fused-ring (bicyclic) bond motifs is 5. The van der Waals surface area contributed by atoms with Gasteiger partial charge in [0, 0.05) is 5.92 Å². The molecule has 0 spiro atoms. The second kappa shape index (κ2) is 3.97. The van der Waals surface area contributed by atoms with E-state index in [0.717, 1.165) is 12.8 Å². The van der Waals surface area contributed by atoms with E-state index in [9.17, 15) is 9.59 Å². The van der Waals surface area contributed by atoms with Crippen molar-refractivity contribution < 1.29 is 23.8 Å². The molecule has 5 nitrogen and oxygen atoms in total. The molecule has 0 aliphatic carbocycles.